The fraction of sp³-hybridized carbons (Fsp3) is 0.0769. The molecule has 0 atom stereocenters. The molecule has 0 fully saturated rings. The van der Waals surface area contributed by atoms with Crippen molar-refractivity contribution in [2.24, 2.45) is 5.73 Å². The Kier molecular flexibility index (Phi) is 3.76. The molecule has 0 unspecified atom stereocenters. The summed E-state index contributed by atoms with van der Waals surface area (Å²) in [4.78, 5) is 1.62. The lowest BCUT2D eigenvalue weighted by molar-refractivity contribution is 0.506. The number of nitrogens with two attached hydrogens (primary N) is 1. The molecule has 0 heterocycles. The van der Waals surface area contributed by atoms with Crippen molar-refractivity contribution in [3.8, 4) is 0 Å². The number of rotatable bonds is 3. The summed E-state index contributed by atoms with van der Waals surface area (Å²) in [5.74, 6) is -1.66. The first-order valence-corrected chi connectivity index (χ1v) is 5.92. The Bertz CT molecular complexity index is 529. The predicted octanol–water partition coefficient (Wildman–Crippen LogP) is 3.57. The summed E-state index contributed by atoms with van der Waals surface area (Å²) in [6, 6.07) is 11.5. The van der Waals surface area contributed by atoms with Crippen molar-refractivity contribution in [1.82, 2.24) is 0 Å². The van der Waals surface area contributed by atoms with E-state index in [9.17, 15) is 8.78 Å². The fourth-order valence-electron chi connectivity index (χ4n) is 1.41. The molecule has 0 bridgehead atoms. The van der Waals surface area contributed by atoms with Crippen LogP contribution in [0.25, 0.3) is 0 Å². The van der Waals surface area contributed by atoms with Crippen LogP contribution in [0.15, 0.2) is 52.3 Å². The Balaban J connectivity index is 2.22. The predicted molar refractivity (Wildman–Crippen MR) is 64.8 cm³/mol. The van der Waals surface area contributed by atoms with Gasteiger partial charge < -0.3 is 5.73 Å². The van der Waals surface area contributed by atoms with Gasteiger partial charge in [0, 0.05) is 16.3 Å². The molecule has 0 aliphatic carbocycles. The van der Waals surface area contributed by atoms with Crippen molar-refractivity contribution in [2.75, 3.05) is 0 Å². The van der Waals surface area contributed by atoms with E-state index >= 15 is 0 Å². The Morgan fingerprint density at radius 1 is 0.941 bits per heavy atom. The second kappa shape index (κ2) is 5.29. The van der Waals surface area contributed by atoms with Gasteiger partial charge in [0.1, 0.15) is 0 Å². The van der Waals surface area contributed by atoms with Gasteiger partial charge in [-0.2, -0.15) is 0 Å². The normalized spacial score (nSPS) is 10.5. The van der Waals surface area contributed by atoms with E-state index in [1.807, 2.05) is 24.3 Å². The van der Waals surface area contributed by atoms with E-state index in [4.69, 9.17) is 5.73 Å². The first-order chi connectivity index (χ1) is 8.19. The average Bonchev–Trinajstić information content (AvgIpc) is 2.34. The number of halogens is 2. The van der Waals surface area contributed by atoms with E-state index in [2.05, 4.69) is 0 Å². The van der Waals surface area contributed by atoms with Crippen molar-refractivity contribution >= 4 is 11.8 Å². The molecule has 88 valence electrons. The molecular weight excluding hydrogens is 240 g/mol. The lowest BCUT2D eigenvalue weighted by Crippen LogP contribution is -1.95. The monoisotopic (exact) mass is 251 g/mol. The van der Waals surface area contributed by atoms with Crippen LogP contribution in [0.4, 0.5) is 8.78 Å². The Hall–Kier alpha value is -1.39. The van der Waals surface area contributed by atoms with Crippen molar-refractivity contribution in [2.45, 2.75) is 16.3 Å². The van der Waals surface area contributed by atoms with Gasteiger partial charge in [0.05, 0.1) is 0 Å². The summed E-state index contributed by atoms with van der Waals surface area (Å²) in [5, 5.41) is 0. The van der Waals surface area contributed by atoms with E-state index < -0.39 is 11.6 Å². The summed E-state index contributed by atoms with van der Waals surface area (Å²) in [7, 11) is 0. The van der Waals surface area contributed by atoms with Crippen LogP contribution in [0.1, 0.15) is 5.56 Å². The molecule has 0 spiro atoms. The van der Waals surface area contributed by atoms with Gasteiger partial charge in [0.15, 0.2) is 11.6 Å². The Labute approximate surface area is 103 Å². The molecule has 1 nitrogen and oxygen atoms in total. The zero-order chi connectivity index (χ0) is 12.3. The molecule has 2 rings (SSSR count). The first-order valence-electron chi connectivity index (χ1n) is 5.11. The number of benzene rings is 2. The fourth-order valence-corrected chi connectivity index (χ4v) is 2.34. The van der Waals surface area contributed by atoms with Crippen LogP contribution in [-0.2, 0) is 6.54 Å². The molecule has 2 aromatic carbocycles. The highest BCUT2D eigenvalue weighted by atomic mass is 32.2. The topological polar surface area (TPSA) is 26.0 Å². The third-order valence-electron chi connectivity index (χ3n) is 2.26. The minimum atomic E-state index is -0.829. The van der Waals surface area contributed by atoms with Crippen LogP contribution in [0.3, 0.4) is 0 Å². The summed E-state index contributed by atoms with van der Waals surface area (Å²) in [6.07, 6.45) is 0. The summed E-state index contributed by atoms with van der Waals surface area (Å²) >= 11 is 1.38. The van der Waals surface area contributed by atoms with E-state index in [1.54, 1.807) is 6.07 Å². The maximum absolute atomic E-state index is 13.0. The maximum atomic E-state index is 13.0. The largest absolute Gasteiger partial charge is 0.326 e. The standard InChI is InChI=1S/C13H11F2NS/c14-12-5-4-11(7-13(12)15)17-10-3-1-2-9(6-10)8-16/h1-7H,8,16H2. The summed E-state index contributed by atoms with van der Waals surface area (Å²) < 4.78 is 25.8. The smallest absolute Gasteiger partial charge is 0.159 e. The summed E-state index contributed by atoms with van der Waals surface area (Å²) in [5.41, 5.74) is 6.55. The Morgan fingerprint density at radius 3 is 2.41 bits per heavy atom. The minimum absolute atomic E-state index is 0.464. The highest BCUT2D eigenvalue weighted by Crippen LogP contribution is 2.29. The van der Waals surface area contributed by atoms with Crippen LogP contribution in [0.5, 0.6) is 0 Å². The molecule has 0 radical (unpaired) electrons. The van der Waals surface area contributed by atoms with E-state index in [-0.39, 0.29) is 0 Å². The van der Waals surface area contributed by atoms with Crippen molar-refractivity contribution in [1.29, 1.82) is 0 Å². The second-order valence-corrected chi connectivity index (χ2v) is 4.68. The van der Waals surface area contributed by atoms with Gasteiger partial charge in [-0.1, -0.05) is 23.9 Å². The molecule has 0 saturated heterocycles. The van der Waals surface area contributed by atoms with Crippen molar-refractivity contribution in [3.63, 3.8) is 0 Å². The van der Waals surface area contributed by atoms with Crippen LogP contribution in [0, 0.1) is 11.6 Å². The van der Waals surface area contributed by atoms with Gasteiger partial charge in [-0.05, 0) is 35.9 Å². The third kappa shape index (κ3) is 3.05. The van der Waals surface area contributed by atoms with E-state index in [0.717, 1.165) is 16.5 Å². The third-order valence-corrected chi connectivity index (χ3v) is 3.24. The van der Waals surface area contributed by atoms with Crippen LogP contribution < -0.4 is 5.73 Å². The molecule has 2 N–H and O–H groups in total. The molecule has 17 heavy (non-hydrogen) atoms. The molecule has 2 aromatic rings. The zero-order valence-electron chi connectivity index (χ0n) is 8.99. The van der Waals surface area contributed by atoms with Crippen molar-refractivity contribution < 1.29 is 8.78 Å². The van der Waals surface area contributed by atoms with E-state index in [0.29, 0.717) is 11.4 Å². The molecule has 0 saturated carbocycles. The molecule has 0 aromatic heterocycles. The molecule has 4 heteroatoms. The molecular formula is C13H11F2NS. The SMILES string of the molecule is NCc1cccc(Sc2ccc(F)c(F)c2)c1. The zero-order valence-corrected chi connectivity index (χ0v) is 9.81. The Morgan fingerprint density at radius 2 is 1.71 bits per heavy atom. The van der Waals surface area contributed by atoms with Gasteiger partial charge in [-0.15, -0.1) is 0 Å². The van der Waals surface area contributed by atoms with Crippen molar-refractivity contribution in [3.05, 3.63) is 59.7 Å². The lowest BCUT2D eigenvalue weighted by atomic mass is 10.2. The maximum Gasteiger partial charge on any atom is 0.159 e. The second-order valence-electron chi connectivity index (χ2n) is 3.53. The molecule has 0 aliphatic heterocycles. The highest BCUT2D eigenvalue weighted by Gasteiger charge is 2.04. The summed E-state index contributed by atoms with van der Waals surface area (Å²) in [6.45, 7) is 0.464. The lowest BCUT2D eigenvalue weighted by Gasteiger charge is -2.04. The van der Waals surface area contributed by atoms with E-state index in [1.165, 1.54) is 17.8 Å². The van der Waals surface area contributed by atoms with Gasteiger partial charge >= 0.3 is 0 Å². The quantitative estimate of drug-likeness (QED) is 0.902. The minimum Gasteiger partial charge on any atom is -0.326 e. The van der Waals surface area contributed by atoms with Crippen LogP contribution in [0.2, 0.25) is 0 Å². The number of hydrogen-bond donors (Lipinski definition) is 1. The molecule has 0 aliphatic rings. The highest BCUT2D eigenvalue weighted by molar-refractivity contribution is 7.99. The van der Waals surface area contributed by atoms with Crippen LogP contribution >= 0.6 is 11.8 Å². The van der Waals surface area contributed by atoms with Gasteiger partial charge in [-0.25, -0.2) is 8.78 Å². The average molecular weight is 251 g/mol. The molecule has 0 amide bonds. The first kappa shape index (κ1) is 12.1. The van der Waals surface area contributed by atoms with Crippen LogP contribution in [-0.4, -0.2) is 0 Å². The number of hydrogen-bond acceptors (Lipinski definition) is 2. The van der Waals surface area contributed by atoms with Gasteiger partial charge in [0.2, 0.25) is 0 Å². The van der Waals surface area contributed by atoms with Gasteiger partial charge in [0.25, 0.3) is 0 Å². The van der Waals surface area contributed by atoms with Gasteiger partial charge in [-0.3, -0.25) is 0 Å².